The van der Waals surface area contributed by atoms with Crippen LogP contribution in [0.25, 0.3) is 5.69 Å². The maximum atomic E-state index is 5.98. The molecule has 0 aliphatic carbocycles. The van der Waals surface area contributed by atoms with E-state index in [1.165, 1.54) is 0 Å². The summed E-state index contributed by atoms with van der Waals surface area (Å²) in [5.41, 5.74) is 0.711. The highest BCUT2D eigenvalue weighted by atomic mass is 35.5. The van der Waals surface area contributed by atoms with Crippen molar-refractivity contribution in [3.63, 3.8) is 0 Å². The number of halogens is 2. The number of nitrogens with zero attached hydrogens (tertiary/aromatic N) is 4. The largest absolute Gasteiger partial charge is 0.301 e. The van der Waals surface area contributed by atoms with Crippen LogP contribution >= 0.6 is 23.2 Å². The van der Waals surface area contributed by atoms with Crippen molar-refractivity contribution in [1.82, 2.24) is 19.7 Å². The third-order valence-electron chi connectivity index (χ3n) is 2.15. The van der Waals surface area contributed by atoms with Gasteiger partial charge in [-0.3, -0.25) is 0 Å². The van der Waals surface area contributed by atoms with Gasteiger partial charge in [0.1, 0.15) is 5.82 Å². The summed E-state index contributed by atoms with van der Waals surface area (Å²) in [7, 11) is 0. The summed E-state index contributed by atoms with van der Waals surface area (Å²) < 4.78 is 1.88. The summed E-state index contributed by atoms with van der Waals surface area (Å²) >= 11 is 11.8. The Bertz CT molecular complexity index is 495. The average Bonchev–Trinajstić information content (AvgIpc) is 2.70. The van der Waals surface area contributed by atoms with Gasteiger partial charge in [0.2, 0.25) is 0 Å². The molecule has 0 N–H and O–H groups in total. The van der Waals surface area contributed by atoms with E-state index in [1.807, 2.05) is 10.8 Å². The molecule has 84 valence electrons. The summed E-state index contributed by atoms with van der Waals surface area (Å²) in [6.45, 7) is 2.10. The van der Waals surface area contributed by atoms with E-state index in [2.05, 4.69) is 22.1 Å². The molecule has 2 rings (SSSR count). The van der Waals surface area contributed by atoms with Gasteiger partial charge in [-0.2, -0.15) is 0 Å². The second-order valence-corrected chi connectivity index (χ2v) is 4.05. The molecule has 0 atom stereocenters. The van der Waals surface area contributed by atoms with Crippen LogP contribution in [0.4, 0.5) is 0 Å². The van der Waals surface area contributed by atoms with Gasteiger partial charge >= 0.3 is 0 Å². The van der Waals surface area contributed by atoms with Crippen LogP contribution in [0, 0.1) is 0 Å². The molecular formula is C10H10Cl2N4. The van der Waals surface area contributed by atoms with Crippen LogP contribution in [0.3, 0.4) is 0 Å². The molecule has 0 saturated carbocycles. The number of rotatable bonds is 3. The first kappa shape index (κ1) is 11.4. The summed E-state index contributed by atoms with van der Waals surface area (Å²) in [6, 6.07) is 1.68. The monoisotopic (exact) mass is 256 g/mol. The van der Waals surface area contributed by atoms with Crippen molar-refractivity contribution in [3.05, 3.63) is 34.6 Å². The lowest BCUT2D eigenvalue weighted by molar-refractivity contribution is 0.804. The molecule has 0 amide bonds. The first-order valence-corrected chi connectivity index (χ1v) is 5.69. The molecule has 0 aromatic carbocycles. The topological polar surface area (TPSA) is 43.6 Å². The van der Waals surface area contributed by atoms with Crippen molar-refractivity contribution < 1.29 is 0 Å². The third-order valence-corrected chi connectivity index (χ3v) is 2.60. The summed E-state index contributed by atoms with van der Waals surface area (Å²) in [5.74, 6) is 0.938. The second kappa shape index (κ2) is 4.80. The second-order valence-electron chi connectivity index (χ2n) is 3.31. The molecule has 6 heteroatoms. The first-order valence-electron chi connectivity index (χ1n) is 4.93. The average molecular weight is 257 g/mol. The van der Waals surface area contributed by atoms with Crippen LogP contribution in [0.15, 0.2) is 18.5 Å². The van der Waals surface area contributed by atoms with Crippen molar-refractivity contribution in [2.24, 2.45) is 0 Å². The Morgan fingerprint density at radius 1 is 1.31 bits per heavy atom. The summed E-state index contributed by atoms with van der Waals surface area (Å²) in [4.78, 5) is 4.27. The van der Waals surface area contributed by atoms with Crippen LogP contribution in [0.5, 0.6) is 0 Å². The zero-order chi connectivity index (χ0) is 11.5. The Kier molecular flexibility index (Phi) is 3.41. The summed E-state index contributed by atoms with van der Waals surface area (Å²) in [5, 5.41) is 8.08. The van der Waals surface area contributed by atoms with E-state index in [4.69, 9.17) is 23.2 Å². The normalized spacial score (nSPS) is 10.7. The van der Waals surface area contributed by atoms with Gasteiger partial charge in [-0.05, 0) is 6.42 Å². The smallest absolute Gasteiger partial charge is 0.175 e. The predicted octanol–water partition coefficient (Wildman–Crippen LogP) is 2.92. The highest BCUT2D eigenvalue weighted by Gasteiger charge is 2.10. The molecule has 0 spiro atoms. The minimum Gasteiger partial charge on any atom is -0.301 e. The molecule has 2 aromatic heterocycles. The van der Waals surface area contributed by atoms with E-state index >= 15 is 0 Å². The fraction of sp³-hybridized carbons (Fsp3) is 0.300. The number of aryl methyl sites for hydroxylation is 1. The number of hydrogen-bond acceptors (Lipinski definition) is 3. The molecule has 16 heavy (non-hydrogen) atoms. The van der Waals surface area contributed by atoms with E-state index in [1.54, 1.807) is 12.3 Å². The van der Waals surface area contributed by atoms with Crippen LogP contribution in [0.1, 0.15) is 19.2 Å². The van der Waals surface area contributed by atoms with E-state index < -0.39 is 0 Å². The molecule has 0 aliphatic rings. The summed E-state index contributed by atoms with van der Waals surface area (Å²) in [6.07, 6.45) is 5.46. The van der Waals surface area contributed by atoms with E-state index in [0.29, 0.717) is 16.0 Å². The Hall–Kier alpha value is -1.13. The van der Waals surface area contributed by atoms with Gasteiger partial charge in [0.05, 0.1) is 5.69 Å². The van der Waals surface area contributed by atoms with Gasteiger partial charge in [-0.1, -0.05) is 30.1 Å². The highest BCUT2D eigenvalue weighted by molar-refractivity contribution is 6.32. The number of aromatic nitrogens is 4. The van der Waals surface area contributed by atoms with E-state index in [0.717, 1.165) is 18.7 Å². The van der Waals surface area contributed by atoms with E-state index in [-0.39, 0.29) is 0 Å². The Labute approximate surface area is 103 Å². The van der Waals surface area contributed by atoms with Gasteiger partial charge < -0.3 is 4.57 Å². The van der Waals surface area contributed by atoms with Crippen LogP contribution in [-0.2, 0) is 6.42 Å². The van der Waals surface area contributed by atoms with Gasteiger partial charge in [0.15, 0.2) is 10.3 Å². The lowest BCUT2D eigenvalue weighted by Crippen LogP contribution is -2.02. The van der Waals surface area contributed by atoms with E-state index in [9.17, 15) is 0 Å². The zero-order valence-electron chi connectivity index (χ0n) is 8.69. The molecule has 0 unspecified atom stereocenters. The highest BCUT2D eigenvalue weighted by Crippen LogP contribution is 2.21. The molecular weight excluding hydrogens is 247 g/mol. The van der Waals surface area contributed by atoms with Crippen molar-refractivity contribution in [1.29, 1.82) is 0 Å². The minimum atomic E-state index is 0.315. The van der Waals surface area contributed by atoms with Crippen LogP contribution in [0.2, 0.25) is 10.3 Å². The van der Waals surface area contributed by atoms with Gasteiger partial charge in [0.25, 0.3) is 0 Å². The predicted molar refractivity (Wildman–Crippen MR) is 63.2 cm³/mol. The third kappa shape index (κ3) is 2.18. The molecule has 0 bridgehead atoms. The first-order chi connectivity index (χ1) is 7.72. The molecule has 4 nitrogen and oxygen atoms in total. The maximum Gasteiger partial charge on any atom is 0.175 e. The van der Waals surface area contributed by atoms with Crippen LogP contribution < -0.4 is 0 Å². The van der Waals surface area contributed by atoms with Crippen molar-refractivity contribution >= 4 is 23.2 Å². The molecule has 0 fully saturated rings. The SMILES string of the molecule is CCCc1nccn1-c1cc(Cl)nnc1Cl. The zero-order valence-corrected chi connectivity index (χ0v) is 10.2. The Morgan fingerprint density at radius 3 is 2.88 bits per heavy atom. The molecule has 2 aromatic rings. The lowest BCUT2D eigenvalue weighted by atomic mass is 10.3. The molecule has 0 saturated heterocycles. The van der Waals surface area contributed by atoms with Crippen molar-refractivity contribution in [3.8, 4) is 5.69 Å². The lowest BCUT2D eigenvalue weighted by Gasteiger charge is -2.07. The Balaban J connectivity index is 2.49. The molecule has 0 radical (unpaired) electrons. The standard InChI is InChI=1S/C10H10Cl2N4/c1-2-3-9-13-4-5-16(9)7-6-8(11)14-15-10(7)12/h4-6H,2-3H2,1H3. The number of imidazole rings is 1. The molecule has 2 heterocycles. The van der Waals surface area contributed by atoms with Crippen LogP contribution in [-0.4, -0.2) is 19.7 Å². The van der Waals surface area contributed by atoms with Gasteiger partial charge in [-0.15, -0.1) is 10.2 Å². The fourth-order valence-corrected chi connectivity index (χ4v) is 1.80. The quantitative estimate of drug-likeness (QED) is 0.849. The van der Waals surface area contributed by atoms with Gasteiger partial charge in [0, 0.05) is 24.9 Å². The fourth-order valence-electron chi connectivity index (χ4n) is 1.48. The van der Waals surface area contributed by atoms with Gasteiger partial charge in [-0.25, -0.2) is 4.98 Å². The van der Waals surface area contributed by atoms with Crippen molar-refractivity contribution in [2.75, 3.05) is 0 Å². The minimum absolute atomic E-state index is 0.315. The molecule has 0 aliphatic heterocycles. The maximum absolute atomic E-state index is 5.98. The van der Waals surface area contributed by atoms with Crippen molar-refractivity contribution in [2.45, 2.75) is 19.8 Å². The Morgan fingerprint density at radius 2 is 2.12 bits per heavy atom. The number of hydrogen-bond donors (Lipinski definition) is 0.